The average Bonchev–Trinajstić information content (AvgIpc) is 3.26. The second-order valence-electron chi connectivity index (χ2n) is 7.10. The number of carbonyl (C=O) groups excluding carboxylic acids is 1. The van der Waals surface area contributed by atoms with E-state index in [1.54, 1.807) is 18.5 Å². The lowest BCUT2D eigenvalue weighted by molar-refractivity contribution is 0.0909. The van der Waals surface area contributed by atoms with Crippen molar-refractivity contribution in [3.05, 3.63) is 77.9 Å². The monoisotopic (exact) mass is 378 g/mol. The number of amides is 1. The Labute approximate surface area is 163 Å². The molecule has 0 atom stereocenters. The number of benzene rings is 2. The van der Waals surface area contributed by atoms with E-state index in [9.17, 15) is 9.18 Å². The number of halogens is 1. The number of nitrogens with one attached hydrogen (secondary N) is 2. The third-order valence-corrected chi connectivity index (χ3v) is 5.20. The van der Waals surface area contributed by atoms with Crippen molar-refractivity contribution in [3.8, 4) is 11.4 Å². The van der Waals surface area contributed by atoms with Crippen LogP contribution in [-0.2, 0) is 6.54 Å². The van der Waals surface area contributed by atoms with Crippen LogP contribution in [0.5, 0.6) is 0 Å². The van der Waals surface area contributed by atoms with Crippen LogP contribution in [-0.4, -0.2) is 39.9 Å². The molecule has 1 aliphatic rings. The molecule has 2 N–H and O–H groups in total. The highest BCUT2D eigenvalue weighted by Crippen LogP contribution is 2.21. The molecular formula is C22H23FN4O. The Morgan fingerprint density at radius 2 is 1.89 bits per heavy atom. The summed E-state index contributed by atoms with van der Waals surface area (Å²) in [5.74, 6) is 0.442. The standard InChI is InChI=1S/C22H23FN4O/c23-20-8-4-1-5-16(20)15-27-13-9-17(10-14-27)26-22(28)19-7-3-2-6-18(19)21-24-11-12-25-21/h1-8,11-12,17H,9-10,13-15H2,(H,24,25)(H,26,28). The first-order valence-corrected chi connectivity index (χ1v) is 9.56. The van der Waals surface area contributed by atoms with E-state index in [4.69, 9.17) is 0 Å². The zero-order valence-corrected chi connectivity index (χ0v) is 15.6. The molecule has 4 rings (SSSR count). The number of piperidine rings is 1. The Morgan fingerprint density at radius 3 is 2.64 bits per heavy atom. The minimum absolute atomic E-state index is 0.0837. The number of hydrogen-bond donors (Lipinski definition) is 2. The van der Waals surface area contributed by atoms with Gasteiger partial charge in [-0.3, -0.25) is 9.69 Å². The molecule has 0 saturated carbocycles. The predicted molar refractivity (Wildman–Crippen MR) is 106 cm³/mol. The van der Waals surface area contributed by atoms with Crippen molar-refractivity contribution < 1.29 is 9.18 Å². The second-order valence-corrected chi connectivity index (χ2v) is 7.10. The number of imidazole rings is 1. The van der Waals surface area contributed by atoms with Crippen LogP contribution in [0.25, 0.3) is 11.4 Å². The second kappa shape index (κ2) is 8.35. The molecule has 144 valence electrons. The summed E-state index contributed by atoms with van der Waals surface area (Å²) in [5, 5.41) is 3.15. The van der Waals surface area contributed by atoms with Crippen molar-refractivity contribution in [2.45, 2.75) is 25.4 Å². The van der Waals surface area contributed by atoms with Crippen molar-refractivity contribution in [3.63, 3.8) is 0 Å². The van der Waals surface area contributed by atoms with Gasteiger partial charge in [-0.25, -0.2) is 9.37 Å². The highest BCUT2D eigenvalue weighted by molar-refractivity contribution is 6.00. The molecule has 2 heterocycles. The summed E-state index contributed by atoms with van der Waals surface area (Å²) in [7, 11) is 0. The normalized spacial score (nSPS) is 15.5. The Bertz CT molecular complexity index is 933. The van der Waals surface area contributed by atoms with Gasteiger partial charge in [0, 0.05) is 49.2 Å². The minimum atomic E-state index is -0.160. The number of hydrogen-bond acceptors (Lipinski definition) is 3. The Kier molecular flexibility index (Phi) is 5.48. The molecule has 0 radical (unpaired) electrons. The van der Waals surface area contributed by atoms with E-state index >= 15 is 0 Å². The van der Waals surface area contributed by atoms with Gasteiger partial charge in [0.05, 0.1) is 5.56 Å². The molecule has 1 aliphatic heterocycles. The van der Waals surface area contributed by atoms with Crippen molar-refractivity contribution in [1.29, 1.82) is 0 Å². The Hall–Kier alpha value is -2.99. The van der Waals surface area contributed by atoms with Crippen molar-refractivity contribution in [2.24, 2.45) is 0 Å². The Morgan fingerprint density at radius 1 is 1.14 bits per heavy atom. The summed E-state index contributed by atoms with van der Waals surface area (Å²) in [4.78, 5) is 22.4. The lowest BCUT2D eigenvalue weighted by Crippen LogP contribution is -2.44. The zero-order valence-electron chi connectivity index (χ0n) is 15.6. The number of nitrogens with zero attached hydrogens (tertiary/aromatic N) is 2. The van der Waals surface area contributed by atoms with Gasteiger partial charge < -0.3 is 10.3 Å². The largest absolute Gasteiger partial charge is 0.349 e. The van der Waals surface area contributed by atoms with Gasteiger partial charge in [0.15, 0.2) is 0 Å². The summed E-state index contributed by atoms with van der Waals surface area (Å²) < 4.78 is 13.8. The smallest absolute Gasteiger partial charge is 0.252 e. The van der Waals surface area contributed by atoms with Crippen LogP contribution in [0, 0.1) is 5.82 Å². The van der Waals surface area contributed by atoms with Gasteiger partial charge in [-0.2, -0.15) is 0 Å². The number of likely N-dealkylation sites (tertiary alicyclic amines) is 1. The van der Waals surface area contributed by atoms with E-state index in [2.05, 4.69) is 20.2 Å². The van der Waals surface area contributed by atoms with Gasteiger partial charge >= 0.3 is 0 Å². The maximum atomic E-state index is 13.8. The van der Waals surface area contributed by atoms with Gasteiger partial charge in [-0.1, -0.05) is 36.4 Å². The predicted octanol–water partition coefficient (Wildman–Crippen LogP) is 3.61. The van der Waals surface area contributed by atoms with Crippen LogP contribution >= 0.6 is 0 Å². The lowest BCUT2D eigenvalue weighted by atomic mass is 10.0. The highest BCUT2D eigenvalue weighted by Gasteiger charge is 2.23. The first-order valence-electron chi connectivity index (χ1n) is 9.56. The summed E-state index contributed by atoms with van der Waals surface area (Å²) in [6.07, 6.45) is 5.12. The molecule has 0 unspecified atom stereocenters. The van der Waals surface area contributed by atoms with E-state index in [1.165, 1.54) is 6.07 Å². The number of H-pyrrole nitrogens is 1. The fourth-order valence-electron chi connectivity index (χ4n) is 3.67. The summed E-state index contributed by atoms with van der Waals surface area (Å²) in [6, 6.07) is 14.5. The molecule has 5 nitrogen and oxygen atoms in total. The topological polar surface area (TPSA) is 61.0 Å². The maximum absolute atomic E-state index is 13.8. The van der Waals surface area contributed by atoms with Crippen LogP contribution in [0.1, 0.15) is 28.8 Å². The van der Waals surface area contributed by atoms with Gasteiger partial charge in [-0.05, 0) is 25.0 Å². The van der Waals surface area contributed by atoms with Crippen LogP contribution in [0.15, 0.2) is 60.9 Å². The summed E-state index contributed by atoms with van der Waals surface area (Å²) >= 11 is 0. The first kappa shape index (κ1) is 18.4. The molecule has 1 fully saturated rings. The van der Waals surface area contributed by atoms with E-state index in [0.717, 1.165) is 37.1 Å². The summed E-state index contributed by atoms with van der Waals surface area (Å²) in [6.45, 7) is 2.27. The van der Waals surface area contributed by atoms with Gasteiger partial charge in [0.1, 0.15) is 11.6 Å². The molecule has 2 aromatic carbocycles. The molecule has 0 aliphatic carbocycles. The number of rotatable bonds is 5. The summed E-state index contributed by atoms with van der Waals surface area (Å²) in [5.41, 5.74) is 2.13. The molecular weight excluding hydrogens is 355 g/mol. The van der Waals surface area contributed by atoms with Crippen LogP contribution in [0.3, 0.4) is 0 Å². The van der Waals surface area contributed by atoms with Gasteiger partial charge in [0.2, 0.25) is 0 Å². The molecule has 0 spiro atoms. The van der Waals surface area contributed by atoms with E-state index in [-0.39, 0.29) is 17.8 Å². The van der Waals surface area contributed by atoms with Crippen molar-refractivity contribution in [2.75, 3.05) is 13.1 Å². The SMILES string of the molecule is O=C(NC1CCN(Cc2ccccc2F)CC1)c1ccccc1-c1ncc[nH]1. The van der Waals surface area contributed by atoms with Crippen LogP contribution < -0.4 is 5.32 Å². The number of aromatic nitrogens is 2. The molecule has 28 heavy (non-hydrogen) atoms. The highest BCUT2D eigenvalue weighted by atomic mass is 19.1. The zero-order chi connectivity index (χ0) is 19.3. The van der Waals surface area contributed by atoms with Crippen molar-refractivity contribution in [1.82, 2.24) is 20.2 Å². The molecule has 1 aromatic heterocycles. The fourth-order valence-corrected chi connectivity index (χ4v) is 3.67. The average molecular weight is 378 g/mol. The minimum Gasteiger partial charge on any atom is -0.349 e. The van der Waals surface area contributed by atoms with E-state index < -0.39 is 0 Å². The number of aromatic amines is 1. The number of carbonyl (C=O) groups is 1. The quantitative estimate of drug-likeness (QED) is 0.713. The maximum Gasteiger partial charge on any atom is 0.252 e. The van der Waals surface area contributed by atoms with Crippen LogP contribution in [0.4, 0.5) is 4.39 Å². The van der Waals surface area contributed by atoms with Gasteiger partial charge in [-0.15, -0.1) is 0 Å². The molecule has 3 aromatic rings. The van der Waals surface area contributed by atoms with Gasteiger partial charge in [0.25, 0.3) is 5.91 Å². The first-order chi connectivity index (χ1) is 13.7. The third kappa shape index (κ3) is 4.12. The lowest BCUT2D eigenvalue weighted by Gasteiger charge is -2.32. The molecule has 6 heteroatoms. The van der Waals surface area contributed by atoms with Crippen molar-refractivity contribution >= 4 is 5.91 Å². The molecule has 0 bridgehead atoms. The van der Waals surface area contributed by atoms with Crippen LogP contribution in [0.2, 0.25) is 0 Å². The Balaban J connectivity index is 1.36. The van der Waals surface area contributed by atoms with E-state index in [0.29, 0.717) is 17.9 Å². The third-order valence-electron chi connectivity index (χ3n) is 5.20. The van der Waals surface area contributed by atoms with E-state index in [1.807, 2.05) is 36.4 Å². The fraction of sp³-hybridized carbons (Fsp3) is 0.273. The molecule has 1 saturated heterocycles. The molecule has 1 amide bonds.